The second-order valence-corrected chi connectivity index (χ2v) is 7.30. The molecular formula is C20H26N2O6. The first kappa shape index (κ1) is 21.4. The summed E-state index contributed by atoms with van der Waals surface area (Å²) in [5.41, 5.74) is 0.707. The number of nitrogens with one attached hydrogen (secondary N) is 1. The Morgan fingerprint density at radius 2 is 1.82 bits per heavy atom. The monoisotopic (exact) mass is 390 g/mol. The van der Waals surface area contributed by atoms with E-state index in [1.54, 1.807) is 33.0 Å². The molecule has 152 valence electrons. The SMILES string of the molecule is COCC(=O)N[C@H](Cc1cn(C(=O)OC(C)(C)C)c2ccccc12)C(=O)OC. The lowest BCUT2D eigenvalue weighted by molar-refractivity contribution is -0.145. The molecular weight excluding hydrogens is 364 g/mol. The molecule has 0 fully saturated rings. The molecule has 0 saturated carbocycles. The van der Waals surface area contributed by atoms with Crippen LogP contribution in [-0.2, 0) is 30.2 Å². The fourth-order valence-electron chi connectivity index (χ4n) is 2.80. The molecule has 1 amide bonds. The maximum absolute atomic E-state index is 12.6. The minimum absolute atomic E-state index is 0.151. The zero-order valence-electron chi connectivity index (χ0n) is 16.8. The second kappa shape index (κ2) is 8.88. The van der Waals surface area contributed by atoms with E-state index < -0.39 is 29.6 Å². The molecule has 1 aromatic heterocycles. The maximum Gasteiger partial charge on any atom is 0.419 e. The van der Waals surface area contributed by atoms with Crippen molar-refractivity contribution in [3.05, 3.63) is 36.0 Å². The van der Waals surface area contributed by atoms with E-state index in [4.69, 9.17) is 14.2 Å². The third-order valence-corrected chi connectivity index (χ3v) is 3.91. The van der Waals surface area contributed by atoms with Gasteiger partial charge < -0.3 is 19.5 Å². The Morgan fingerprint density at radius 3 is 2.43 bits per heavy atom. The number of methoxy groups -OCH3 is 2. The third kappa shape index (κ3) is 5.32. The van der Waals surface area contributed by atoms with Gasteiger partial charge >= 0.3 is 12.1 Å². The first-order valence-corrected chi connectivity index (χ1v) is 8.84. The van der Waals surface area contributed by atoms with Crippen LogP contribution in [0.2, 0.25) is 0 Å². The Labute approximate surface area is 163 Å². The molecule has 0 aliphatic carbocycles. The number of aromatic nitrogens is 1. The summed E-state index contributed by atoms with van der Waals surface area (Å²) in [7, 11) is 2.64. The van der Waals surface area contributed by atoms with Gasteiger partial charge in [-0.15, -0.1) is 0 Å². The number of ether oxygens (including phenoxy) is 3. The summed E-state index contributed by atoms with van der Waals surface area (Å²) in [6, 6.07) is 6.37. The number of para-hydroxylation sites is 1. The van der Waals surface area contributed by atoms with Crippen LogP contribution in [0.3, 0.4) is 0 Å². The number of carbonyl (C=O) groups excluding carboxylic acids is 3. The van der Waals surface area contributed by atoms with E-state index >= 15 is 0 Å². The normalized spacial score (nSPS) is 12.5. The molecule has 0 aliphatic rings. The standard InChI is InChI=1S/C20H26N2O6/c1-20(2,3)28-19(25)22-11-13(14-8-6-7-9-16(14)22)10-15(18(24)27-5)21-17(23)12-26-4/h6-9,11,15H,10,12H2,1-5H3,(H,21,23)/t15-/m1/s1. The topological polar surface area (TPSA) is 95.9 Å². The Balaban J connectivity index is 2.38. The summed E-state index contributed by atoms with van der Waals surface area (Å²) in [6.07, 6.45) is 1.25. The molecule has 8 nitrogen and oxygen atoms in total. The summed E-state index contributed by atoms with van der Waals surface area (Å²) in [4.78, 5) is 36.6. The van der Waals surface area contributed by atoms with Crippen molar-refractivity contribution in [3.8, 4) is 0 Å². The molecule has 2 aromatic rings. The molecule has 1 atom stereocenters. The molecule has 0 aliphatic heterocycles. The van der Waals surface area contributed by atoms with Gasteiger partial charge in [0.15, 0.2) is 0 Å². The van der Waals surface area contributed by atoms with Crippen LogP contribution in [0.25, 0.3) is 10.9 Å². The fourth-order valence-corrected chi connectivity index (χ4v) is 2.80. The zero-order valence-corrected chi connectivity index (χ0v) is 16.8. The molecule has 0 unspecified atom stereocenters. The fraction of sp³-hybridized carbons (Fsp3) is 0.450. The highest BCUT2D eigenvalue weighted by Gasteiger charge is 2.26. The number of benzene rings is 1. The highest BCUT2D eigenvalue weighted by atomic mass is 16.6. The van der Waals surface area contributed by atoms with Gasteiger partial charge in [0.25, 0.3) is 0 Å². The minimum Gasteiger partial charge on any atom is -0.467 e. The van der Waals surface area contributed by atoms with Gasteiger partial charge in [0.05, 0.1) is 12.6 Å². The lowest BCUT2D eigenvalue weighted by Gasteiger charge is -2.19. The van der Waals surface area contributed by atoms with Crippen LogP contribution < -0.4 is 5.32 Å². The van der Waals surface area contributed by atoms with Crippen molar-refractivity contribution in [2.45, 2.75) is 38.8 Å². The number of hydrogen-bond donors (Lipinski definition) is 1. The highest BCUT2D eigenvalue weighted by Crippen LogP contribution is 2.24. The number of rotatable bonds is 6. The minimum atomic E-state index is -0.912. The number of nitrogens with zero attached hydrogens (tertiary/aromatic N) is 1. The summed E-state index contributed by atoms with van der Waals surface area (Å²) in [5, 5.41) is 3.38. The first-order chi connectivity index (χ1) is 13.2. The molecule has 28 heavy (non-hydrogen) atoms. The van der Waals surface area contributed by atoms with E-state index in [0.717, 1.165) is 5.39 Å². The smallest absolute Gasteiger partial charge is 0.419 e. The number of amides is 1. The largest absolute Gasteiger partial charge is 0.467 e. The summed E-state index contributed by atoms with van der Waals surface area (Å²) in [5.74, 6) is -1.02. The maximum atomic E-state index is 12.6. The van der Waals surface area contributed by atoms with Crippen LogP contribution >= 0.6 is 0 Å². The lowest BCUT2D eigenvalue weighted by atomic mass is 10.0. The van der Waals surface area contributed by atoms with Crippen molar-refractivity contribution in [3.63, 3.8) is 0 Å². The molecule has 1 heterocycles. The van der Waals surface area contributed by atoms with Gasteiger partial charge in [0.2, 0.25) is 5.91 Å². The molecule has 0 spiro atoms. The first-order valence-electron chi connectivity index (χ1n) is 8.84. The summed E-state index contributed by atoms with van der Waals surface area (Å²) in [6.45, 7) is 5.19. The molecule has 1 aromatic carbocycles. The summed E-state index contributed by atoms with van der Waals surface area (Å²) < 4.78 is 16.5. The van der Waals surface area contributed by atoms with E-state index in [1.165, 1.54) is 18.8 Å². The Morgan fingerprint density at radius 1 is 1.14 bits per heavy atom. The quantitative estimate of drug-likeness (QED) is 0.760. The average Bonchev–Trinajstić information content (AvgIpc) is 2.98. The molecule has 1 N–H and O–H groups in total. The molecule has 0 saturated heterocycles. The Bertz CT molecular complexity index is 865. The van der Waals surface area contributed by atoms with Crippen LogP contribution in [0.5, 0.6) is 0 Å². The van der Waals surface area contributed by atoms with Crippen molar-refractivity contribution in [2.75, 3.05) is 20.8 Å². The molecule has 2 rings (SSSR count). The van der Waals surface area contributed by atoms with Crippen LogP contribution in [0.4, 0.5) is 4.79 Å². The summed E-state index contributed by atoms with van der Waals surface area (Å²) >= 11 is 0. The third-order valence-electron chi connectivity index (χ3n) is 3.91. The van der Waals surface area contributed by atoms with Crippen LogP contribution in [0.1, 0.15) is 26.3 Å². The lowest BCUT2D eigenvalue weighted by Crippen LogP contribution is -2.44. The Kier molecular flexibility index (Phi) is 6.80. The van der Waals surface area contributed by atoms with Gasteiger partial charge in [-0.25, -0.2) is 9.59 Å². The molecule has 0 bridgehead atoms. The molecule has 8 heteroatoms. The van der Waals surface area contributed by atoms with Crippen LogP contribution in [-0.4, -0.2) is 55.0 Å². The van der Waals surface area contributed by atoms with Crippen molar-refractivity contribution < 1.29 is 28.6 Å². The Hall–Kier alpha value is -2.87. The number of carbonyl (C=O) groups is 3. The van der Waals surface area contributed by atoms with Crippen molar-refractivity contribution in [1.82, 2.24) is 9.88 Å². The van der Waals surface area contributed by atoms with Crippen LogP contribution in [0, 0.1) is 0 Å². The molecule has 0 radical (unpaired) electrons. The van der Waals surface area contributed by atoms with E-state index in [1.807, 2.05) is 18.2 Å². The van der Waals surface area contributed by atoms with E-state index in [9.17, 15) is 14.4 Å². The van der Waals surface area contributed by atoms with Gasteiger partial charge in [-0.2, -0.15) is 0 Å². The van der Waals surface area contributed by atoms with E-state index in [2.05, 4.69) is 5.32 Å². The van der Waals surface area contributed by atoms with Gasteiger partial charge in [-0.3, -0.25) is 9.36 Å². The van der Waals surface area contributed by atoms with Gasteiger partial charge in [-0.05, 0) is 32.4 Å². The average molecular weight is 390 g/mol. The number of esters is 1. The van der Waals surface area contributed by atoms with E-state index in [-0.39, 0.29) is 13.0 Å². The predicted molar refractivity (Wildman–Crippen MR) is 103 cm³/mol. The number of fused-ring (bicyclic) bond motifs is 1. The van der Waals surface area contributed by atoms with Crippen molar-refractivity contribution in [1.29, 1.82) is 0 Å². The van der Waals surface area contributed by atoms with Crippen molar-refractivity contribution in [2.24, 2.45) is 0 Å². The zero-order chi connectivity index (χ0) is 20.9. The number of hydrogen-bond acceptors (Lipinski definition) is 6. The second-order valence-electron chi connectivity index (χ2n) is 7.30. The van der Waals surface area contributed by atoms with Gasteiger partial charge in [-0.1, -0.05) is 18.2 Å². The highest BCUT2D eigenvalue weighted by molar-refractivity contribution is 5.93. The van der Waals surface area contributed by atoms with Gasteiger partial charge in [0.1, 0.15) is 18.2 Å². The van der Waals surface area contributed by atoms with Crippen LogP contribution in [0.15, 0.2) is 30.5 Å². The van der Waals surface area contributed by atoms with Gasteiger partial charge in [0, 0.05) is 25.1 Å². The predicted octanol–water partition coefficient (Wildman–Crippen LogP) is 2.27. The van der Waals surface area contributed by atoms with E-state index in [0.29, 0.717) is 11.1 Å². The van der Waals surface area contributed by atoms with Crippen molar-refractivity contribution >= 4 is 28.9 Å².